The van der Waals surface area contributed by atoms with Gasteiger partial charge in [-0.1, -0.05) is 49.0 Å². The second-order valence-corrected chi connectivity index (χ2v) is 7.84. The van der Waals surface area contributed by atoms with Gasteiger partial charge in [-0.25, -0.2) is 5.10 Å². The van der Waals surface area contributed by atoms with Gasteiger partial charge < -0.3 is 0 Å². The number of hydrogen-bond donors (Lipinski definition) is 2. The molecule has 8 nitrogen and oxygen atoms in total. The first kappa shape index (κ1) is 19.8. The third-order valence-electron chi connectivity index (χ3n) is 4.67. The number of carbonyl (C=O) groups is 3. The Morgan fingerprint density at radius 3 is 2.63 bits per heavy atom. The Labute approximate surface area is 177 Å². The number of imide groups is 1. The second kappa shape index (κ2) is 8.50. The van der Waals surface area contributed by atoms with E-state index in [4.69, 9.17) is 0 Å². The Bertz CT molecular complexity index is 1110. The molecule has 0 fully saturated rings. The highest BCUT2D eigenvalue weighted by Crippen LogP contribution is 2.25. The smallest absolute Gasteiger partial charge is 0.261 e. The van der Waals surface area contributed by atoms with E-state index in [9.17, 15) is 14.4 Å². The van der Waals surface area contributed by atoms with Gasteiger partial charge in [-0.15, -0.1) is 5.10 Å². The van der Waals surface area contributed by atoms with E-state index in [-0.39, 0.29) is 35.4 Å². The van der Waals surface area contributed by atoms with Crippen molar-refractivity contribution in [1.29, 1.82) is 0 Å². The molecule has 4 rings (SSSR count). The summed E-state index contributed by atoms with van der Waals surface area (Å²) in [5.41, 5.74) is 1.86. The van der Waals surface area contributed by atoms with E-state index in [0.29, 0.717) is 17.1 Å². The summed E-state index contributed by atoms with van der Waals surface area (Å²) in [7, 11) is 0. The lowest BCUT2D eigenvalue weighted by molar-refractivity contribution is 0.0656. The van der Waals surface area contributed by atoms with Crippen molar-refractivity contribution in [3.8, 4) is 0 Å². The second-order valence-electron chi connectivity index (χ2n) is 6.61. The van der Waals surface area contributed by atoms with E-state index in [1.54, 1.807) is 0 Å². The molecule has 2 N–H and O–H groups in total. The van der Waals surface area contributed by atoms with E-state index in [2.05, 4.69) is 20.5 Å². The molecule has 0 aliphatic carbocycles. The number of thioether (sulfide) groups is 1. The zero-order chi connectivity index (χ0) is 21.1. The van der Waals surface area contributed by atoms with Gasteiger partial charge in [-0.3, -0.25) is 24.6 Å². The Balaban J connectivity index is 1.47. The van der Waals surface area contributed by atoms with Crippen molar-refractivity contribution < 1.29 is 14.4 Å². The number of nitrogens with one attached hydrogen (secondary N) is 2. The van der Waals surface area contributed by atoms with Gasteiger partial charge in [-0.05, 0) is 35.9 Å². The van der Waals surface area contributed by atoms with Crippen molar-refractivity contribution in [2.75, 3.05) is 17.6 Å². The number of hydrogen-bond acceptors (Lipinski definition) is 6. The topological polar surface area (TPSA) is 108 Å². The summed E-state index contributed by atoms with van der Waals surface area (Å²) in [6.45, 7) is 2.26. The van der Waals surface area contributed by atoms with Crippen LogP contribution in [0.3, 0.4) is 0 Å². The minimum absolute atomic E-state index is 0.225. The standard InChI is InChI=1S/C21H19N5O3S/c1-2-30-21-23-20(24-25-21)22-17(27)14-8-9-15-16(12-14)19(29)26(18(15)28)11-10-13-6-4-3-5-7-13/h3-9,12H,2,10-11H2,1H3,(H2,22,23,24,25,27). The van der Waals surface area contributed by atoms with Crippen LogP contribution in [0.15, 0.2) is 53.7 Å². The zero-order valence-electron chi connectivity index (χ0n) is 16.2. The molecule has 0 spiro atoms. The molecule has 9 heteroatoms. The summed E-state index contributed by atoms with van der Waals surface area (Å²) < 4.78 is 0. The largest absolute Gasteiger partial charge is 0.291 e. The Hall–Kier alpha value is -3.46. The van der Waals surface area contributed by atoms with Gasteiger partial charge in [-0.2, -0.15) is 4.98 Å². The highest BCUT2D eigenvalue weighted by molar-refractivity contribution is 7.99. The van der Waals surface area contributed by atoms with Crippen LogP contribution in [0.5, 0.6) is 0 Å². The molecule has 0 saturated heterocycles. The fourth-order valence-electron chi connectivity index (χ4n) is 3.20. The molecule has 152 valence electrons. The molecule has 30 heavy (non-hydrogen) atoms. The van der Waals surface area contributed by atoms with Gasteiger partial charge in [0.25, 0.3) is 17.7 Å². The van der Waals surface area contributed by atoms with E-state index in [0.717, 1.165) is 11.3 Å². The van der Waals surface area contributed by atoms with Crippen molar-refractivity contribution in [3.05, 3.63) is 70.8 Å². The van der Waals surface area contributed by atoms with Gasteiger partial charge in [0, 0.05) is 12.1 Å². The number of anilines is 1. The molecule has 2 heterocycles. The van der Waals surface area contributed by atoms with Crippen molar-refractivity contribution in [1.82, 2.24) is 20.1 Å². The molecule has 0 saturated carbocycles. The van der Waals surface area contributed by atoms with E-state index < -0.39 is 5.91 Å². The molecule has 0 atom stereocenters. The maximum atomic E-state index is 12.8. The average Bonchev–Trinajstić information content (AvgIpc) is 3.29. The lowest BCUT2D eigenvalue weighted by Gasteiger charge is -2.13. The number of nitrogens with zero attached hydrogens (tertiary/aromatic N) is 3. The Morgan fingerprint density at radius 2 is 1.87 bits per heavy atom. The molecule has 0 bridgehead atoms. The number of amides is 3. The van der Waals surface area contributed by atoms with Crippen LogP contribution in [0.2, 0.25) is 0 Å². The van der Waals surface area contributed by atoms with Crippen LogP contribution in [-0.2, 0) is 6.42 Å². The van der Waals surface area contributed by atoms with Gasteiger partial charge in [0.1, 0.15) is 0 Å². The third-order valence-corrected chi connectivity index (χ3v) is 5.40. The van der Waals surface area contributed by atoms with Gasteiger partial charge >= 0.3 is 0 Å². The number of H-pyrrole nitrogens is 1. The third kappa shape index (κ3) is 3.97. The van der Waals surface area contributed by atoms with E-state index >= 15 is 0 Å². The highest BCUT2D eigenvalue weighted by atomic mass is 32.2. The number of benzene rings is 2. The summed E-state index contributed by atoms with van der Waals surface area (Å²) in [5, 5.41) is 9.81. The van der Waals surface area contributed by atoms with E-state index in [1.807, 2.05) is 37.3 Å². The fraction of sp³-hybridized carbons (Fsp3) is 0.190. The molecular formula is C21H19N5O3S. The lowest BCUT2D eigenvalue weighted by Crippen LogP contribution is -2.31. The van der Waals surface area contributed by atoms with Gasteiger partial charge in [0.2, 0.25) is 11.1 Å². The van der Waals surface area contributed by atoms with Gasteiger partial charge in [0.05, 0.1) is 11.1 Å². The van der Waals surface area contributed by atoms with Crippen molar-refractivity contribution in [3.63, 3.8) is 0 Å². The molecule has 0 radical (unpaired) electrons. The minimum atomic E-state index is -0.440. The molecular weight excluding hydrogens is 402 g/mol. The number of aromatic nitrogens is 3. The molecule has 2 aromatic carbocycles. The predicted molar refractivity (Wildman–Crippen MR) is 113 cm³/mol. The van der Waals surface area contributed by atoms with Crippen LogP contribution in [0, 0.1) is 0 Å². The molecule has 3 amide bonds. The average molecular weight is 421 g/mol. The SMILES string of the molecule is CCSc1n[nH]c(NC(=O)c2ccc3c(c2)C(=O)N(CCc2ccccc2)C3=O)n1. The first-order chi connectivity index (χ1) is 14.6. The van der Waals surface area contributed by atoms with Crippen LogP contribution in [0.25, 0.3) is 0 Å². The minimum Gasteiger partial charge on any atom is -0.291 e. The van der Waals surface area contributed by atoms with Gasteiger partial charge in [0.15, 0.2) is 0 Å². The number of rotatable bonds is 7. The summed E-state index contributed by atoms with van der Waals surface area (Å²) in [6, 6.07) is 14.2. The normalized spacial score (nSPS) is 12.9. The summed E-state index contributed by atoms with van der Waals surface area (Å²) >= 11 is 1.45. The Morgan fingerprint density at radius 1 is 1.10 bits per heavy atom. The van der Waals surface area contributed by atoms with E-state index in [1.165, 1.54) is 34.9 Å². The van der Waals surface area contributed by atoms with Crippen LogP contribution < -0.4 is 5.32 Å². The maximum Gasteiger partial charge on any atom is 0.261 e. The highest BCUT2D eigenvalue weighted by Gasteiger charge is 2.35. The summed E-state index contributed by atoms with van der Waals surface area (Å²) in [6.07, 6.45) is 0.573. The monoisotopic (exact) mass is 421 g/mol. The molecule has 1 aliphatic rings. The lowest BCUT2D eigenvalue weighted by atomic mass is 10.1. The van der Waals surface area contributed by atoms with Crippen LogP contribution >= 0.6 is 11.8 Å². The summed E-state index contributed by atoms with van der Waals surface area (Å²) in [5.74, 6) is -0.128. The molecule has 3 aromatic rings. The summed E-state index contributed by atoms with van der Waals surface area (Å²) in [4.78, 5) is 43.4. The predicted octanol–water partition coefficient (Wildman–Crippen LogP) is 3.01. The first-order valence-electron chi connectivity index (χ1n) is 9.47. The van der Waals surface area contributed by atoms with Crippen LogP contribution in [0.1, 0.15) is 43.6 Å². The fourth-order valence-corrected chi connectivity index (χ4v) is 3.72. The molecule has 1 aliphatic heterocycles. The molecule has 1 aromatic heterocycles. The van der Waals surface area contributed by atoms with Crippen molar-refractivity contribution in [2.24, 2.45) is 0 Å². The van der Waals surface area contributed by atoms with Crippen molar-refractivity contribution >= 4 is 35.4 Å². The quantitative estimate of drug-likeness (QED) is 0.448. The van der Waals surface area contributed by atoms with Crippen LogP contribution in [-0.4, -0.2) is 50.1 Å². The number of carbonyl (C=O) groups excluding carboxylic acids is 3. The first-order valence-corrected chi connectivity index (χ1v) is 10.5. The zero-order valence-corrected chi connectivity index (χ0v) is 17.0. The number of fused-ring (bicyclic) bond motifs is 1. The van der Waals surface area contributed by atoms with Crippen LogP contribution in [0.4, 0.5) is 5.95 Å². The Kier molecular flexibility index (Phi) is 5.62. The molecule has 0 unspecified atom stereocenters. The number of aromatic amines is 1. The van der Waals surface area contributed by atoms with Crippen molar-refractivity contribution in [2.45, 2.75) is 18.5 Å². The maximum absolute atomic E-state index is 12.8.